The molecule has 6 rings (SSSR count). The number of fused-ring (bicyclic) bond motifs is 4. The summed E-state index contributed by atoms with van der Waals surface area (Å²) in [5.74, 6) is -0.684. The van der Waals surface area contributed by atoms with E-state index in [0.29, 0.717) is 17.9 Å². The molecule has 188 valence electrons. The molecule has 2 fully saturated rings. The predicted molar refractivity (Wildman–Crippen MR) is 138 cm³/mol. The molecule has 3 heterocycles. The van der Waals surface area contributed by atoms with Gasteiger partial charge in [-0.3, -0.25) is 24.6 Å². The van der Waals surface area contributed by atoms with Crippen molar-refractivity contribution in [2.24, 2.45) is 5.92 Å². The largest absolute Gasteiger partial charge is 0.497 e. The van der Waals surface area contributed by atoms with Crippen LogP contribution in [0.15, 0.2) is 66.7 Å². The highest BCUT2D eigenvalue weighted by Gasteiger charge is 2.69. The molecule has 3 aromatic rings. The van der Waals surface area contributed by atoms with E-state index >= 15 is 0 Å². The number of ether oxygens (including phenoxy) is 1. The van der Waals surface area contributed by atoms with Crippen LogP contribution in [0.5, 0.6) is 5.75 Å². The number of Topliss-reactive ketones (excluding diaryl/α,β-unsaturated/α-hetero) is 1. The number of hydrogen-bond acceptors (Lipinski definition) is 6. The molecule has 3 aromatic carbocycles. The van der Waals surface area contributed by atoms with Gasteiger partial charge in [-0.25, -0.2) is 0 Å². The Morgan fingerprint density at radius 3 is 2.51 bits per heavy atom. The number of hydrogen-bond donors (Lipinski definition) is 1. The Morgan fingerprint density at radius 2 is 1.84 bits per heavy atom. The molecule has 1 N–H and O–H groups in total. The summed E-state index contributed by atoms with van der Waals surface area (Å²) >= 11 is 0. The van der Waals surface area contributed by atoms with Crippen molar-refractivity contribution >= 4 is 23.1 Å². The molecule has 8 heteroatoms. The van der Waals surface area contributed by atoms with Crippen molar-refractivity contribution in [2.45, 2.75) is 37.3 Å². The van der Waals surface area contributed by atoms with Crippen molar-refractivity contribution in [1.29, 1.82) is 0 Å². The van der Waals surface area contributed by atoms with E-state index in [4.69, 9.17) is 4.74 Å². The Balaban J connectivity index is 1.58. The minimum absolute atomic E-state index is 0.00245. The number of methoxy groups -OCH3 is 1. The van der Waals surface area contributed by atoms with Gasteiger partial charge in [0.25, 0.3) is 5.69 Å². The maximum absolute atomic E-state index is 14.5. The first-order chi connectivity index (χ1) is 17.9. The Bertz CT molecular complexity index is 1420. The van der Waals surface area contributed by atoms with Gasteiger partial charge in [-0.1, -0.05) is 29.8 Å². The molecule has 2 saturated heterocycles. The average Bonchev–Trinajstić information content (AvgIpc) is 3.57. The molecular weight excluding hydrogens is 470 g/mol. The summed E-state index contributed by atoms with van der Waals surface area (Å²) in [5, 5.41) is 14.4. The lowest BCUT2D eigenvalue weighted by molar-refractivity contribution is -0.384. The van der Waals surface area contributed by atoms with Crippen LogP contribution in [0.3, 0.4) is 0 Å². The number of amides is 1. The van der Waals surface area contributed by atoms with E-state index in [1.807, 2.05) is 25.1 Å². The molecule has 0 saturated carbocycles. The molecule has 3 unspecified atom stereocenters. The smallest absolute Gasteiger partial charge is 0.269 e. The summed E-state index contributed by atoms with van der Waals surface area (Å²) in [4.78, 5) is 41.7. The average molecular weight is 498 g/mol. The van der Waals surface area contributed by atoms with Crippen LogP contribution < -0.4 is 10.1 Å². The lowest BCUT2D eigenvalue weighted by Gasteiger charge is -2.37. The number of carbonyl (C=O) groups is 2. The number of nitro groups is 1. The third-order valence-electron chi connectivity index (χ3n) is 8.30. The zero-order valence-electron chi connectivity index (χ0n) is 20.6. The van der Waals surface area contributed by atoms with Gasteiger partial charge >= 0.3 is 0 Å². The normalized spacial score (nSPS) is 26.1. The number of aryl methyl sites for hydroxylation is 1. The predicted octanol–water partition coefficient (Wildman–Crippen LogP) is 4.82. The van der Waals surface area contributed by atoms with E-state index in [2.05, 4.69) is 10.2 Å². The first kappa shape index (κ1) is 23.4. The molecular formula is C29H27N3O5. The summed E-state index contributed by atoms with van der Waals surface area (Å²) in [6.45, 7) is 2.68. The number of ketones is 1. The number of carbonyl (C=O) groups excluding carboxylic acids is 2. The first-order valence-corrected chi connectivity index (χ1v) is 12.5. The van der Waals surface area contributed by atoms with Gasteiger partial charge in [-0.05, 0) is 62.2 Å². The lowest BCUT2D eigenvalue weighted by Crippen LogP contribution is -2.52. The molecule has 8 nitrogen and oxygen atoms in total. The molecule has 37 heavy (non-hydrogen) atoms. The van der Waals surface area contributed by atoms with Crippen LogP contribution in [0, 0.1) is 23.0 Å². The van der Waals surface area contributed by atoms with Crippen LogP contribution in [0.2, 0.25) is 0 Å². The number of non-ortho nitro benzene ring substituents is 1. The van der Waals surface area contributed by atoms with E-state index in [9.17, 15) is 19.7 Å². The van der Waals surface area contributed by atoms with E-state index in [1.54, 1.807) is 43.5 Å². The van der Waals surface area contributed by atoms with Gasteiger partial charge in [-0.15, -0.1) is 0 Å². The second kappa shape index (κ2) is 8.52. The van der Waals surface area contributed by atoms with Crippen LogP contribution in [-0.2, 0) is 10.3 Å². The number of nitrogens with zero attached hydrogens (tertiary/aromatic N) is 2. The molecule has 3 aliphatic rings. The number of benzene rings is 3. The zero-order valence-corrected chi connectivity index (χ0v) is 20.6. The SMILES string of the molecule is COc1ccc(C(=O)C2C(c3ccc([N+](=O)[O-])cc3)C3CCCN3[C@@]23C(=O)Nc2ccc(C)cc23)cc1. The maximum atomic E-state index is 14.5. The fraction of sp³-hybridized carbons (Fsp3) is 0.310. The maximum Gasteiger partial charge on any atom is 0.269 e. The van der Waals surface area contributed by atoms with Crippen molar-refractivity contribution in [2.75, 3.05) is 19.0 Å². The minimum Gasteiger partial charge on any atom is -0.497 e. The van der Waals surface area contributed by atoms with Gasteiger partial charge in [0.2, 0.25) is 5.91 Å². The van der Waals surface area contributed by atoms with Gasteiger partial charge in [0, 0.05) is 40.9 Å². The van der Waals surface area contributed by atoms with Crippen LogP contribution in [0.1, 0.15) is 45.8 Å². The second-order valence-electron chi connectivity index (χ2n) is 10.1. The molecule has 0 aliphatic carbocycles. The summed E-state index contributed by atoms with van der Waals surface area (Å²) < 4.78 is 5.29. The molecule has 0 aromatic heterocycles. The summed E-state index contributed by atoms with van der Waals surface area (Å²) in [6, 6.07) is 19.3. The Kier molecular flexibility index (Phi) is 5.38. The second-order valence-corrected chi connectivity index (χ2v) is 10.1. The van der Waals surface area contributed by atoms with Crippen molar-refractivity contribution in [3.8, 4) is 5.75 Å². The fourth-order valence-electron chi connectivity index (χ4n) is 6.80. The standard InChI is InChI=1S/C29H27N3O5/c1-17-5-14-23-22(16-17)29(28(34)30-23)26(27(33)19-8-12-21(37-2)13-9-19)25(24-4-3-15-31(24)29)18-6-10-20(11-7-18)32(35)36/h5-14,16,24-26H,3-4,15H2,1-2H3,(H,30,34)/t24?,25?,26?,29-/m1/s1. The van der Waals surface area contributed by atoms with Crippen molar-refractivity contribution in [3.05, 3.63) is 99.1 Å². The van der Waals surface area contributed by atoms with Gasteiger partial charge in [0.1, 0.15) is 11.3 Å². The number of rotatable bonds is 5. The van der Waals surface area contributed by atoms with Crippen LogP contribution in [0.25, 0.3) is 0 Å². The topological polar surface area (TPSA) is 102 Å². The Labute approximate surface area is 214 Å². The fourth-order valence-corrected chi connectivity index (χ4v) is 6.80. The molecule has 0 bridgehead atoms. The van der Waals surface area contributed by atoms with Gasteiger partial charge in [0.05, 0.1) is 18.0 Å². The lowest BCUT2D eigenvalue weighted by atomic mass is 9.68. The Morgan fingerprint density at radius 1 is 1.11 bits per heavy atom. The number of nitro benzene ring substituents is 1. The molecule has 0 radical (unpaired) electrons. The van der Waals surface area contributed by atoms with E-state index in [1.165, 1.54) is 12.1 Å². The van der Waals surface area contributed by atoms with Crippen LogP contribution >= 0.6 is 0 Å². The van der Waals surface area contributed by atoms with E-state index in [-0.39, 0.29) is 29.3 Å². The highest BCUT2D eigenvalue weighted by atomic mass is 16.6. The van der Waals surface area contributed by atoms with E-state index in [0.717, 1.165) is 35.2 Å². The van der Waals surface area contributed by atoms with Crippen molar-refractivity contribution in [3.63, 3.8) is 0 Å². The zero-order chi connectivity index (χ0) is 25.9. The highest BCUT2D eigenvalue weighted by Crippen LogP contribution is 2.61. The van der Waals surface area contributed by atoms with Crippen LogP contribution in [-0.4, -0.2) is 41.2 Å². The monoisotopic (exact) mass is 497 g/mol. The third kappa shape index (κ3) is 3.32. The van der Waals surface area contributed by atoms with Gasteiger partial charge in [-0.2, -0.15) is 0 Å². The Hall–Kier alpha value is -4.04. The molecule has 4 atom stereocenters. The third-order valence-corrected chi connectivity index (χ3v) is 8.30. The van der Waals surface area contributed by atoms with Crippen molar-refractivity contribution < 1.29 is 19.2 Å². The van der Waals surface area contributed by atoms with Gasteiger partial charge < -0.3 is 10.1 Å². The molecule has 1 spiro atoms. The van der Waals surface area contributed by atoms with Crippen molar-refractivity contribution in [1.82, 2.24) is 4.90 Å². The number of anilines is 1. The molecule has 3 aliphatic heterocycles. The quantitative estimate of drug-likeness (QED) is 0.308. The minimum atomic E-state index is -1.16. The highest BCUT2D eigenvalue weighted by molar-refractivity contribution is 6.12. The van der Waals surface area contributed by atoms with Gasteiger partial charge in [0.15, 0.2) is 5.78 Å². The summed E-state index contributed by atoms with van der Waals surface area (Å²) in [7, 11) is 1.57. The number of nitrogens with one attached hydrogen (secondary N) is 1. The summed E-state index contributed by atoms with van der Waals surface area (Å²) in [6.07, 6.45) is 1.75. The first-order valence-electron chi connectivity index (χ1n) is 12.5. The van der Waals surface area contributed by atoms with Crippen LogP contribution in [0.4, 0.5) is 11.4 Å². The molecule has 1 amide bonds. The van der Waals surface area contributed by atoms with E-state index < -0.39 is 16.4 Å². The summed E-state index contributed by atoms with van der Waals surface area (Å²) in [5.41, 5.74) is 2.76.